The smallest absolute Gasteiger partial charge is 0.335 e. The first-order valence-electron chi connectivity index (χ1n) is 7.34. The predicted octanol–water partition coefficient (Wildman–Crippen LogP) is 2.35. The third-order valence-electron chi connectivity index (χ3n) is 3.09. The SMILES string of the molecule is COc1cc(O)c(C(=O)C=Cc2ccccc2)c(OC)c1.NC(=O)NO. The van der Waals surface area contributed by atoms with Gasteiger partial charge in [0.15, 0.2) is 5.78 Å². The summed E-state index contributed by atoms with van der Waals surface area (Å²) in [6, 6.07) is 11.4. The highest BCUT2D eigenvalue weighted by Gasteiger charge is 2.17. The Bertz CT molecular complexity index is 775. The number of amides is 2. The number of benzene rings is 2. The number of phenolic OH excluding ortho intramolecular Hbond substituents is 1. The zero-order valence-electron chi connectivity index (χ0n) is 14.3. The van der Waals surface area contributed by atoms with E-state index in [-0.39, 0.29) is 22.8 Å². The molecular formula is C18H20N2O6. The number of primary amides is 1. The lowest BCUT2D eigenvalue weighted by Gasteiger charge is -2.10. The summed E-state index contributed by atoms with van der Waals surface area (Å²) in [6.45, 7) is 0. The molecule has 0 aliphatic rings. The second-order valence-corrected chi connectivity index (χ2v) is 4.81. The summed E-state index contributed by atoms with van der Waals surface area (Å²) in [7, 11) is 2.91. The van der Waals surface area contributed by atoms with E-state index in [1.165, 1.54) is 31.8 Å². The van der Waals surface area contributed by atoms with E-state index in [9.17, 15) is 14.7 Å². The monoisotopic (exact) mass is 360 g/mol. The van der Waals surface area contributed by atoms with E-state index < -0.39 is 6.03 Å². The number of carbonyl (C=O) groups is 2. The van der Waals surface area contributed by atoms with Gasteiger partial charge in [-0.05, 0) is 11.6 Å². The summed E-state index contributed by atoms with van der Waals surface area (Å²) in [5, 5.41) is 17.4. The Kier molecular flexibility index (Phi) is 8.18. The van der Waals surface area contributed by atoms with Crippen molar-refractivity contribution in [2.24, 2.45) is 5.73 Å². The summed E-state index contributed by atoms with van der Waals surface area (Å²) in [5.41, 5.74) is 6.48. The van der Waals surface area contributed by atoms with Crippen LogP contribution in [-0.4, -0.2) is 36.3 Å². The molecule has 5 N–H and O–H groups in total. The summed E-state index contributed by atoms with van der Waals surface area (Å²) in [6.07, 6.45) is 3.09. The van der Waals surface area contributed by atoms with E-state index in [4.69, 9.17) is 14.7 Å². The van der Waals surface area contributed by atoms with E-state index in [1.807, 2.05) is 30.3 Å². The van der Waals surface area contributed by atoms with Crippen LogP contribution < -0.4 is 20.7 Å². The zero-order chi connectivity index (χ0) is 19.5. The van der Waals surface area contributed by atoms with Gasteiger partial charge in [-0.25, -0.2) is 10.3 Å². The van der Waals surface area contributed by atoms with Crippen molar-refractivity contribution in [3.05, 3.63) is 59.7 Å². The molecule has 0 radical (unpaired) electrons. The van der Waals surface area contributed by atoms with Gasteiger partial charge in [-0.1, -0.05) is 36.4 Å². The average molecular weight is 360 g/mol. The van der Waals surface area contributed by atoms with Gasteiger partial charge < -0.3 is 20.3 Å². The van der Waals surface area contributed by atoms with Gasteiger partial charge in [0.05, 0.1) is 14.2 Å². The number of urea groups is 1. The van der Waals surface area contributed by atoms with Gasteiger partial charge in [0, 0.05) is 12.1 Å². The number of allylic oxidation sites excluding steroid dienone is 1. The van der Waals surface area contributed by atoms with Crippen LogP contribution in [0.15, 0.2) is 48.5 Å². The second kappa shape index (κ2) is 10.4. The molecule has 2 aromatic rings. The van der Waals surface area contributed by atoms with Crippen molar-refractivity contribution in [1.29, 1.82) is 0 Å². The number of ether oxygens (including phenoxy) is 2. The van der Waals surface area contributed by atoms with Gasteiger partial charge in [0.2, 0.25) is 0 Å². The zero-order valence-corrected chi connectivity index (χ0v) is 14.3. The van der Waals surface area contributed by atoms with Crippen LogP contribution in [0, 0.1) is 0 Å². The minimum Gasteiger partial charge on any atom is -0.507 e. The van der Waals surface area contributed by atoms with Gasteiger partial charge in [0.1, 0.15) is 22.8 Å². The molecule has 26 heavy (non-hydrogen) atoms. The van der Waals surface area contributed by atoms with Crippen molar-refractivity contribution < 1.29 is 29.4 Å². The van der Waals surface area contributed by atoms with Crippen LogP contribution in [0.25, 0.3) is 6.08 Å². The third-order valence-corrected chi connectivity index (χ3v) is 3.09. The minimum absolute atomic E-state index is 0.116. The lowest BCUT2D eigenvalue weighted by molar-refractivity contribution is 0.104. The van der Waals surface area contributed by atoms with E-state index >= 15 is 0 Å². The predicted molar refractivity (Wildman–Crippen MR) is 95.5 cm³/mol. The molecule has 0 atom stereocenters. The minimum atomic E-state index is -0.940. The molecule has 138 valence electrons. The van der Waals surface area contributed by atoms with Crippen LogP contribution in [0.4, 0.5) is 4.79 Å². The van der Waals surface area contributed by atoms with Crippen LogP contribution >= 0.6 is 0 Å². The maximum absolute atomic E-state index is 12.3. The topological polar surface area (TPSA) is 131 Å². The lowest BCUT2D eigenvalue weighted by Crippen LogP contribution is -2.25. The number of aromatic hydroxyl groups is 1. The highest BCUT2D eigenvalue weighted by atomic mass is 16.5. The van der Waals surface area contributed by atoms with Gasteiger partial charge in [0.25, 0.3) is 0 Å². The Morgan fingerprint density at radius 1 is 1.12 bits per heavy atom. The van der Waals surface area contributed by atoms with E-state index in [1.54, 1.807) is 12.1 Å². The largest absolute Gasteiger partial charge is 0.507 e. The Labute approximate surface area is 150 Å². The molecule has 0 aliphatic heterocycles. The normalized spacial score (nSPS) is 9.81. The molecule has 0 unspecified atom stereocenters. The van der Waals surface area contributed by atoms with Crippen molar-refractivity contribution >= 4 is 17.9 Å². The van der Waals surface area contributed by atoms with Crippen LogP contribution in [0.1, 0.15) is 15.9 Å². The molecule has 0 fully saturated rings. The Hall–Kier alpha value is -3.52. The maximum Gasteiger partial charge on any atom is 0.335 e. The maximum atomic E-state index is 12.3. The number of rotatable bonds is 5. The molecule has 0 saturated heterocycles. The summed E-state index contributed by atoms with van der Waals surface area (Å²) in [5.74, 6) is 0.187. The van der Waals surface area contributed by atoms with Crippen molar-refractivity contribution in [2.75, 3.05) is 14.2 Å². The summed E-state index contributed by atoms with van der Waals surface area (Å²) >= 11 is 0. The molecular weight excluding hydrogens is 340 g/mol. The fourth-order valence-electron chi connectivity index (χ4n) is 1.92. The number of carbonyl (C=O) groups excluding carboxylic acids is 2. The van der Waals surface area contributed by atoms with Crippen molar-refractivity contribution in [3.63, 3.8) is 0 Å². The van der Waals surface area contributed by atoms with Crippen molar-refractivity contribution in [1.82, 2.24) is 5.48 Å². The van der Waals surface area contributed by atoms with Crippen LogP contribution in [0.5, 0.6) is 17.2 Å². The fraction of sp³-hybridized carbons (Fsp3) is 0.111. The number of nitrogens with one attached hydrogen (secondary N) is 1. The van der Waals surface area contributed by atoms with E-state index in [0.29, 0.717) is 5.75 Å². The molecule has 2 aromatic carbocycles. The molecule has 0 aliphatic carbocycles. The molecule has 8 nitrogen and oxygen atoms in total. The number of methoxy groups -OCH3 is 2. The number of hydrogen-bond acceptors (Lipinski definition) is 6. The van der Waals surface area contributed by atoms with Gasteiger partial charge in [-0.3, -0.25) is 10.0 Å². The first kappa shape index (κ1) is 20.5. The average Bonchev–Trinajstić information content (AvgIpc) is 2.66. The Morgan fingerprint density at radius 3 is 2.23 bits per heavy atom. The molecule has 8 heteroatoms. The van der Waals surface area contributed by atoms with Crippen LogP contribution in [-0.2, 0) is 0 Å². The van der Waals surface area contributed by atoms with Gasteiger partial charge in [-0.15, -0.1) is 0 Å². The molecule has 0 spiro atoms. The molecule has 0 heterocycles. The number of ketones is 1. The lowest BCUT2D eigenvalue weighted by atomic mass is 10.1. The number of phenols is 1. The molecule has 0 aromatic heterocycles. The van der Waals surface area contributed by atoms with Crippen molar-refractivity contribution in [2.45, 2.75) is 0 Å². The van der Waals surface area contributed by atoms with E-state index in [2.05, 4.69) is 5.73 Å². The van der Waals surface area contributed by atoms with E-state index in [0.717, 1.165) is 5.56 Å². The highest BCUT2D eigenvalue weighted by molar-refractivity contribution is 6.10. The summed E-state index contributed by atoms with van der Waals surface area (Å²) < 4.78 is 10.2. The number of hydrogen-bond donors (Lipinski definition) is 4. The quantitative estimate of drug-likeness (QED) is 0.280. The summed E-state index contributed by atoms with van der Waals surface area (Å²) in [4.78, 5) is 21.5. The number of hydroxylamine groups is 1. The fourth-order valence-corrected chi connectivity index (χ4v) is 1.92. The molecule has 2 rings (SSSR count). The van der Waals surface area contributed by atoms with Crippen LogP contribution in [0.2, 0.25) is 0 Å². The second-order valence-electron chi connectivity index (χ2n) is 4.81. The van der Waals surface area contributed by atoms with Gasteiger partial charge in [-0.2, -0.15) is 0 Å². The molecule has 0 bridgehead atoms. The first-order chi connectivity index (χ1) is 12.4. The highest BCUT2D eigenvalue weighted by Crippen LogP contribution is 2.33. The van der Waals surface area contributed by atoms with Gasteiger partial charge >= 0.3 is 6.03 Å². The Balaban J connectivity index is 0.000000597. The molecule has 2 amide bonds. The van der Waals surface area contributed by atoms with Crippen molar-refractivity contribution in [3.8, 4) is 17.2 Å². The molecule has 0 saturated carbocycles. The Morgan fingerprint density at radius 2 is 1.73 bits per heavy atom. The number of nitrogens with two attached hydrogens (primary N) is 1. The van der Waals surface area contributed by atoms with Crippen LogP contribution in [0.3, 0.4) is 0 Å². The standard InChI is InChI=1S/C17H16O4.CH4N2O2/c1-20-13-10-15(19)17(16(11-13)21-2)14(18)9-8-12-6-4-3-5-7-12;2-1(4)3-5/h3-11,19H,1-2H3;5H,(H3,2,3,4). The third kappa shape index (κ3) is 6.17. The first-order valence-corrected chi connectivity index (χ1v) is 7.34.